The molecule has 5 heteroatoms. The number of imidazole rings is 1. The summed E-state index contributed by atoms with van der Waals surface area (Å²) in [6.45, 7) is 10.1. The van der Waals surface area contributed by atoms with Crippen LogP contribution < -0.4 is 11.3 Å². The molecule has 3 N–H and O–H groups in total. The summed E-state index contributed by atoms with van der Waals surface area (Å²) in [5, 5.41) is 0. The number of rotatable bonds is 9. The molecular formula is C14H28N4O. The lowest BCUT2D eigenvalue weighted by Crippen LogP contribution is -2.55. The van der Waals surface area contributed by atoms with E-state index in [1.807, 2.05) is 19.3 Å². The van der Waals surface area contributed by atoms with Crippen LogP contribution in [0.15, 0.2) is 12.4 Å². The van der Waals surface area contributed by atoms with Crippen molar-refractivity contribution in [3.63, 3.8) is 0 Å². The lowest BCUT2D eigenvalue weighted by molar-refractivity contribution is -0.0724. The average molecular weight is 268 g/mol. The topological polar surface area (TPSA) is 65.1 Å². The van der Waals surface area contributed by atoms with Crippen molar-refractivity contribution >= 4 is 0 Å². The fraction of sp³-hybridized carbons (Fsp3) is 0.786. The first-order chi connectivity index (χ1) is 9.17. The number of nitrogens with zero attached hydrogens (tertiary/aromatic N) is 2. The van der Waals surface area contributed by atoms with Crippen molar-refractivity contribution in [1.29, 1.82) is 0 Å². The zero-order valence-corrected chi connectivity index (χ0v) is 12.6. The monoisotopic (exact) mass is 268 g/mol. The van der Waals surface area contributed by atoms with Crippen molar-refractivity contribution in [2.45, 2.75) is 65.1 Å². The van der Waals surface area contributed by atoms with Crippen LogP contribution in [-0.2, 0) is 17.7 Å². The minimum atomic E-state index is -0.228. The van der Waals surface area contributed by atoms with Gasteiger partial charge in [0.2, 0.25) is 0 Å². The first-order valence-corrected chi connectivity index (χ1v) is 7.27. The first kappa shape index (κ1) is 16.1. The molecule has 0 aliphatic carbocycles. The van der Waals surface area contributed by atoms with Crippen molar-refractivity contribution < 1.29 is 4.74 Å². The third-order valence-corrected chi connectivity index (χ3v) is 3.99. The first-order valence-electron chi connectivity index (χ1n) is 7.27. The van der Waals surface area contributed by atoms with E-state index in [0.717, 1.165) is 31.6 Å². The molecule has 1 rings (SSSR count). The zero-order chi connectivity index (χ0) is 14.3. The molecule has 1 aromatic rings. The average Bonchev–Trinajstić information content (AvgIpc) is 2.89. The van der Waals surface area contributed by atoms with E-state index >= 15 is 0 Å². The molecule has 0 aromatic carbocycles. The van der Waals surface area contributed by atoms with Crippen LogP contribution in [0.3, 0.4) is 0 Å². The van der Waals surface area contributed by atoms with Gasteiger partial charge in [0.25, 0.3) is 0 Å². The molecule has 0 bridgehead atoms. The minimum absolute atomic E-state index is 0.0650. The Balaban J connectivity index is 2.91. The minimum Gasteiger partial charge on any atom is -0.374 e. The lowest BCUT2D eigenvalue weighted by atomic mass is 9.86. The molecule has 1 atom stereocenters. The van der Waals surface area contributed by atoms with Crippen LogP contribution >= 0.6 is 0 Å². The van der Waals surface area contributed by atoms with Crippen molar-refractivity contribution in [2.75, 3.05) is 6.61 Å². The Kier molecular flexibility index (Phi) is 6.48. The second-order valence-corrected chi connectivity index (χ2v) is 4.76. The van der Waals surface area contributed by atoms with Gasteiger partial charge in [-0.1, -0.05) is 13.8 Å². The molecule has 0 aliphatic rings. The number of hydrazine groups is 1. The third kappa shape index (κ3) is 3.55. The molecular weight excluding hydrogens is 240 g/mol. The van der Waals surface area contributed by atoms with E-state index in [1.54, 1.807) is 0 Å². The number of hydrogen-bond acceptors (Lipinski definition) is 4. The maximum atomic E-state index is 6.02. The SMILES string of the molecule is CCOC(CC)(CC)C(Cc1nccn1CC)NN. The third-order valence-electron chi connectivity index (χ3n) is 3.99. The molecule has 1 unspecified atom stereocenters. The van der Waals surface area contributed by atoms with Gasteiger partial charge in [-0.25, -0.2) is 4.98 Å². The van der Waals surface area contributed by atoms with E-state index in [0.29, 0.717) is 6.61 Å². The molecule has 1 heterocycles. The number of nitrogens with two attached hydrogens (primary N) is 1. The van der Waals surface area contributed by atoms with Gasteiger partial charge in [-0.15, -0.1) is 0 Å². The number of hydrogen-bond donors (Lipinski definition) is 2. The summed E-state index contributed by atoms with van der Waals surface area (Å²) in [7, 11) is 0. The normalized spacial score (nSPS) is 13.7. The van der Waals surface area contributed by atoms with E-state index in [4.69, 9.17) is 10.6 Å². The molecule has 0 saturated heterocycles. The quantitative estimate of drug-likeness (QED) is 0.530. The summed E-state index contributed by atoms with van der Waals surface area (Å²) < 4.78 is 8.17. The molecule has 19 heavy (non-hydrogen) atoms. The number of aromatic nitrogens is 2. The lowest BCUT2D eigenvalue weighted by Gasteiger charge is -2.39. The van der Waals surface area contributed by atoms with Crippen molar-refractivity contribution in [3.05, 3.63) is 18.2 Å². The highest BCUT2D eigenvalue weighted by molar-refractivity contribution is 5.01. The Bertz CT molecular complexity index is 360. The predicted octanol–water partition coefficient (Wildman–Crippen LogP) is 1.87. The second-order valence-electron chi connectivity index (χ2n) is 4.76. The van der Waals surface area contributed by atoms with Gasteiger partial charge in [-0.3, -0.25) is 11.3 Å². The predicted molar refractivity (Wildman–Crippen MR) is 77.7 cm³/mol. The van der Waals surface area contributed by atoms with E-state index in [9.17, 15) is 0 Å². The maximum Gasteiger partial charge on any atom is 0.110 e. The molecule has 110 valence electrons. The van der Waals surface area contributed by atoms with E-state index in [-0.39, 0.29) is 11.6 Å². The summed E-state index contributed by atoms with van der Waals surface area (Å²) in [4.78, 5) is 4.43. The van der Waals surface area contributed by atoms with Gasteiger partial charge in [0.05, 0.1) is 11.6 Å². The number of nitrogens with one attached hydrogen (secondary N) is 1. The highest BCUT2D eigenvalue weighted by Gasteiger charge is 2.36. The summed E-state index contributed by atoms with van der Waals surface area (Å²) in [6.07, 6.45) is 6.48. The van der Waals surface area contributed by atoms with Gasteiger partial charge >= 0.3 is 0 Å². The van der Waals surface area contributed by atoms with Crippen LogP contribution in [-0.4, -0.2) is 27.8 Å². The molecule has 0 amide bonds. The molecule has 0 saturated carbocycles. The number of aryl methyl sites for hydroxylation is 1. The highest BCUT2D eigenvalue weighted by Crippen LogP contribution is 2.26. The van der Waals surface area contributed by atoms with Crippen LogP contribution in [0.25, 0.3) is 0 Å². The van der Waals surface area contributed by atoms with Crippen LogP contribution in [0.2, 0.25) is 0 Å². The Morgan fingerprint density at radius 2 is 2.05 bits per heavy atom. The maximum absolute atomic E-state index is 6.02. The molecule has 0 spiro atoms. The number of ether oxygens (including phenoxy) is 1. The van der Waals surface area contributed by atoms with Gasteiger partial charge in [0.1, 0.15) is 5.82 Å². The molecule has 0 radical (unpaired) electrons. The highest BCUT2D eigenvalue weighted by atomic mass is 16.5. The Morgan fingerprint density at radius 1 is 1.37 bits per heavy atom. The summed E-state index contributed by atoms with van der Waals surface area (Å²) in [5.41, 5.74) is 2.71. The smallest absolute Gasteiger partial charge is 0.110 e. The van der Waals surface area contributed by atoms with Crippen molar-refractivity contribution in [2.24, 2.45) is 5.84 Å². The van der Waals surface area contributed by atoms with E-state index in [1.165, 1.54) is 0 Å². The van der Waals surface area contributed by atoms with Crippen LogP contribution in [0.5, 0.6) is 0 Å². The largest absolute Gasteiger partial charge is 0.374 e. The zero-order valence-electron chi connectivity index (χ0n) is 12.6. The van der Waals surface area contributed by atoms with Crippen molar-refractivity contribution in [1.82, 2.24) is 15.0 Å². The Hall–Kier alpha value is -0.910. The molecule has 5 nitrogen and oxygen atoms in total. The van der Waals surface area contributed by atoms with Crippen LogP contribution in [0, 0.1) is 0 Å². The van der Waals surface area contributed by atoms with E-state index < -0.39 is 0 Å². The standard InChI is InChI=1S/C14H28N4O/c1-5-14(6-2,19-8-4)12(17-15)11-13-16-9-10-18(13)7-3/h9-10,12,17H,5-8,11,15H2,1-4H3. The Labute approximate surface area is 116 Å². The van der Waals surface area contributed by atoms with Crippen LogP contribution in [0.1, 0.15) is 46.4 Å². The van der Waals surface area contributed by atoms with Gasteiger partial charge < -0.3 is 9.30 Å². The van der Waals surface area contributed by atoms with E-state index in [2.05, 4.69) is 35.7 Å². The fourth-order valence-electron chi connectivity index (χ4n) is 2.73. The Morgan fingerprint density at radius 3 is 2.53 bits per heavy atom. The van der Waals surface area contributed by atoms with Crippen LogP contribution in [0.4, 0.5) is 0 Å². The molecule has 1 aromatic heterocycles. The molecule has 0 fully saturated rings. The summed E-state index contributed by atoms with van der Waals surface area (Å²) in [5.74, 6) is 6.83. The summed E-state index contributed by atoms with van der Waals surface area (Å²) in [6, 6.07) is 0.0650. The second kappa shape index (κ2) is 7.62. The van der Waals surface area contributed by atoms with Gasteiger partial charge in [0.15, 0.2) is 0 Å². The summed E-state index contributed by atoms with van der Waals surface area (Å²) >= 11 is 0. The fourth-order valence-corrected chi connectivity index (χ4v) is 2.73. The van der Waals surface area contributed by atoms with Gasteiger partial charge in [0, 0.05) is 32.0 Å². The van der Waals surface area contributed by atoms with Gasteiger partial charge in [-0.2, -0.15) is 0 Å². The molecule has 0 aliphatic heterocycles. The van der Waals surface area contributed by atoms with Crippen molar-refractivity contribution in [3.8, 4) is 0 Å². The van der Waals surface area contributed by atoms with Gasteiger partial charge in [-0.05, 0) is 26.7 Å².